The van der Waals surface area contributed by atoms with Gasteiger partial charge in [0.25, 0.3) is 0 Å². The third-order valence-corrected chi connectivity index (χ3v) is 4.85. The molecule has 0 saturated heterocycles. The van der Waals surface area contributed by atoms with Gasteiger partial charge in [-0.15, -0.1) is 0 Å². The van der Waals surface area contributed by atoms with Crippen molar-refractivity contribution in [3.05, 3.63) is 76.3 Å². The van der Waals surface area contributed by atoms with Gasteiger partial charge in [0.05, 0.1) is 16.9 Å². The lowest BCUT2D eigenvalue weighted by Crippen LogP contribution is -2.07. The van der Waals surface area contributed by atoms with Gasteiger partial charge in [-0.05, 0) is 43.7 Å². The number of hydrogen-bond acceptors (Lipinski definition) is 4. The minimum Gasteiger partial charge on any atom is -0.357 e. The summed E-state index contributed by atoms with van der Waals surface area (Å²) in [6.45, 7) is 4.04. The lowest BCUT2D eigenvalue weighted by atomic mass is 10.0. The highest BCUT2D eigenvalue weighted by Crippen LogP contribution is 2.32. The van der Waals surface area contributed by atoms with Crippen molar-refractivity contribution in [1.29, 1.82) is 0 Å². The topological polar surface area (TPSA) is 87.3 Å². The van der Waals surface area contributed by atoms with Gasteiger partial charge in [-0.25, -0.2) is 9.97 Å². The van der Waals surface area contributed by atoms with Crippen LogP contribution in [-0.4, -0.2) is 24.9 Å². The number of pyridine rings is 2. The van der Waals surface area contributed by atoms with Gasteiger partial charge in [0, 0.05) is 35.1 Å². The molecule has 4 heterocycles. The van der Waals surface area contributed by atoms with E-state index in [1.807, 2.05) is 44.2 Å². The summed E-state index contributed by atoms with van der Waals surface area (Å²) < 4.78 is 0. The first-order valence-electron chi connectivity index (χ1n) is 9.01. The molecule has 0 saturated carbocycles. The first kappa shape index (κ1) is 16.4. The van der Waals surface area contributed by atoms with Crippen molar-refractivity contribution in [2.45, 2.75) is 13.8 Å². The molecule has 0 fully saturated rings. The van der Waals surface area contributed by atoms with Crippen molar-refractivity contribution in [2.24, 2.45) is 0 Å². The molecule has 0 aliphatic rings. The van der Waals surface area contributed by atoms with Crippen LogP contribution in [0.1, 0.15) is 11.3 Å². The van der Waals surface area contributed by atoms with Crippen LogP contribution in [0.2, 0.25) is 0 Å². The van der Waals surface area contributed by atoms with E-state index in [0.29, 0.717) is 22.6 Å². The Balaban J connectivity index is 1.86. The zero-order valence-electron chi connectivity index (χ0n) is 15.4. The molecule has 1 aromatic carbocycles. The SMILES string of the molecule is Cc1cc(C)c(-c2nc3[nH]ccc(=O)c3nc2-c2ccc3ncccc3c2)[nH]1. The molecule has 0 aliphatic carbocycles. The van der Waals surface area contributed by atoms with Gasteiger partial charge >= 0.3 is 0 Å². The lowest BCUT2D eigenvalue weighted by molar-refractivity contribution is 1.18. The number of aromatic amines is 2. The fraction of sp³-hybridized carbons (Fsp3) is 0.0909. The molecule has 2 N–H and O–H groups in total. The highest BCUT2D eigenvalue weighted by molar-refractivity contribution is 5.89. The molecule has 0 amide bonds. The molecule has 0 radical (unpaired) electrons. The van der Waals surface area contributed by atoms with Gasteiger partial charge in [0.15, 0.2) is 11.2 Å². The molecule has 0 atom stereocenters. The summed E-state index contributed by atoms with van der Waals surface area (Å²) in [6, 6.07) is 13.4. The van der Waals surface area contributed by atoms with Crippen molar-refractivity contribution in [3.8, 4) is 22.6 Å². The molecular formula is C22H17N5O. The summed E-state index contributed by atoms with van der Waals surface area (Å²) >= 11 is 0. The molecule has 0 aliphatic heterocycles. The molecule has 4 aromatic heterocycles. The summed E-state index contributed by atoms with van der Waals surface area (Å²) in [6.07, 6.45) is 3.37. The van der Waals surface area contributed by atoms with Gasteiger partial charge in [0.2, 0.25) is 5.43 Å². The summed E-state index contributed by atoms with van der Waals surface area (Å²) in [5.74, 6) is 0. The van der Waals surface area contributed by atoms with Crippen LogP contribution in [0.25, 0.3) is 44.7 Å². The standard InChI is InChI=1S/C22H17N5O/c1-12-10-13(2)25-18(12)21-19(26-20-17(28)7-9-24-22(20)27-21)15-5-6-16-14(11-15)4-3-8-23-16/h3-11,25H,1-2H3,(H,24,27,28). The minimum atomic E-state index is -0.157. The summed E-state index contributed by atoms with van der Waals surface area (Å²) in [5, 5.41) is 1.01. The van der Waals surface area contributed by atoms with Crippen molar-refractivity contribution in [2.75, 3.05) is 0 Å². The number of rotatable bonds is 2. The first-order chi connectivity index (χ1) is 13.6. The predicted molar refractivity (Wildman–Crippen MR) is 110 cm³/mol. The second-order valence-electron chi connectivity index (χ2n) is 6.88. The Morgan fingerprint density at radius 2 is 1.86 bits per heavy atom. The van der Waals surface area contributed by atoms with Crippen LogP contribution in [0.15, 0.2) is 59.7 Å². The van der Waals surface area contributed by atoms with Gasteiger partial charge in [-0.2, -0.15) is 0 Å². The van der Waals surface area contributed by atoms with Crippen molar-refractivity contribution >= 4 is 22.1 Å². The Morgan fingerprint density at radius 3 is 2.68 bits per heavy atom. The Hall–Kier alpha value is -3.80. The van der Waals surface area contributed by atoms with Gasteiger partial charge in [-0.3, -0.25) is 9.78 Å². The fourth-order valence-electron chi connectivity index (χ4n) is 3.56. The molecule has 6 heteroatoms. The first-order valence-corrected chi connectivity index (χ1v) is 9.01. The Morgan fingerprint density at radius 1 is 0.964 bits per heavy atom. The third-order valence-electron chi connectivity index (χ3n) is 4.85. The summed E-state index contributed by atoms with van der Waals surface area (Å²) in [4.78, 5) is 32.7. The summed E-state index contributed by atoms with van der Waals surface area (Å²) in [5.41, 5.74) is 6.84. The number of H-pyrrole nitrogens is 2. The predicted octanol–water partition coefficient (Wildman–Crippen LogP) is 4.15. The van der Waals surface area contributed by atoms with E-state index in [2.05, 4.69) is 21.0 Å². The van der Waals surface area contributed by atoms with Crippen LogP contribution in [0.5, 0.6) is 0 Å². The zero-order valence-corrected chi connectivity index (χ0v) is 15.4. The average molecular weight is 367 g/mol. The minimum absolute atomic E-state index is 0.157. The van der Waals surface area contributed by atoms with Crippen molar-refractivity contribution in [1.82, 2.24) is 24.9 Å². The maximum Gasteiger partial charge on any atom is 0.209 e. The van der Waals surface area contributed by atoms with Crippen LogP contribution in [-0.2, 0) is 0 Å². The number of nitrogens with one attached hydrogen (secondary N) is 2. The van der Waals surface area contributed by atoms with Crippen LogP contribution >= 0.6 is 0 Å². The van der Waals surface area contributed by atoms with E-state index in [1.54, 1.807) is 12.4 Å². The van der Waals surface area contributed by atoms with Crippen LogP contribution in [0.3, 0.4) is 0 Å². The van der Waals surface area contributed by atoms with E-state index >= 15 is 0 Å². The molecule has 6 nitrogen and oxygen atoms in total. The molecular weight excluding hydrogens is 350 g/mol. The van der Waals surface area contributed by atoms with E-state index in [9.17, 15) is 4.79 Å². The zero-order chi connectivity index (χ0) is 19.3. The van der Waals surface area contributed by atoms with E-state index in [4.69, 9.17) is 9.97 Å². The largest absolute Gasteiger partial charge is 0.357 e. The van der Waals surface area contributed by atoms with Crippen LogP contribution in [0, 0.1) is 13.8 Å². The quantitative estimate of drug-likeness (QED) is 0.491. The molecule has 0 unspecified atom stereocenters. The van der Waals surface area contributed by atoms with Gasteiger partial charge in [0.1, 0.15) is 5.69 Å². The third kappa shape index (κ3) is 2.58. The molecule has 0 bridgehead atoms. The Labute approximate surface area is 160 Å². The van der Waals surface area contributed by atoms with E-state index < -0.39 is 0 Å². The van der Waals surface area contributed by atoms with Crippen molar-refractivity contribution < 1.29 is 0 Å². The Bertz CT molecular complexity index is 1410. The summed E-state index contributed by atoms with van der Waals surface area (Å²) in [7, 11) is 0. The number of fused-ring (bicyclic) bond motifs is 2. The molecule has 5 rings (SSSR count). The van der Waals surface area contributed by atoms with E-state index in [-0.39, 0.29) is 5.43 Å². The number of hydrogen-bond donors (Lipinski definition) is 2. The second-order valence-corrected chi connectivity index (χ2v) is 6.88. The smallest absolute Gasteiger partial charge is 0.209 e. The monoisotopic (exact) mass is 367 g/mol. The number of benzene rings is 1. The maximum absolute atomic E-state index is 12.4. The van der Waals surface area contributed by atoms with E-state index in [0.717, 1.165) is 33.4 Å². The lowest BCUT2D eigenvalue weighted by Gasteiger charge is -2.10. The fourth-order valence-corrected chi connectivity index (χ4v) is 3.56. The molecule has 136 valence electrons. The molecule has 5 aromatic rings. The van der Waals surface area contributed by atoms with E-state index in [1.165, 1.54) is 6.07 Å². The number of aryl methyl sites for hydroxylation is 2. The molecule has 28 heavy (non-hydrogen) atoms. The second kappa shape index (κ2) is 6.13. The normalized spacial score (nSPS) is 11.4. The van der Waals surface area contributed by atoms with Crippen LogP contribution < -0.4 is 5.43 Å². The van der Waals surface area contributed by atoms with Crippen LogP contribution in [0.4, 0.5) is 0 Å². The number of aromatic nitrogens is 5. The van der Waals surface area contributed by atoms with Gasteiger partial charge in [-0.1, -0.05) is 12.1 Å². The number of nitrogens with zero attached hydrogens (tertiary/aromatic N) is 3. The highest BCUT2D eigenvalue weighted by Gasteiger charge is 2.18. The maximum atomic E-state index is 12.4. The highest BCUT2D eigenvalue weighted by atomic mass is 16.1. The Kier molecular flexibility index (Phi) is 3.58. The average Bonchev–Trinajstić information content (AvgIpc) is 3.05. The molecule has 0 spiro atoms. The van der Waals surface area contributed by atoms with Gasteiger partial charge < -0.3 is 9.97 Å². The van der Waals surface area contributed by atoms with Crippen molar-refractivity contribution in [3.63, 3.8) is 0 Å².